The van der Waals surface area contributed by atoms with Crippen molar-refractivity contribution in [1.82, 2.24) is 9.55 Å². The van der Waals surface area contributed by atoms with Crippen LogP contribution in [-0.4, -0.2) is 14.7 Å². The van der Waals surface area contributed by atoms with Crippen LogP contribution in [0.2, 0.25) is 0 Å². The van der Waals surface area contributed by atoms with Crippen molar-refractivity contribution in [2.45, 2.75) is 32.7 Å². The molecule has 1 aromatic heterocycles. The molecule has 2 N–H and O–H groups in total. The summed E-state index contributed by atoms with van der Waals surface area (Å²) in [6.07, 6.45) is 1.91. The van der Waals surface area contributed by atoms with Gasteiger partial charge in [-0.25, -0.2) is 0 Å². The van der Waals surface area contributed by atoms with Gasteiger partial charge in [0.2, 0.25) is 0 Å². The molecule has 0 bridgehead atoms. The summed E-state index contributed by atoms with van der Waals surface area (Å²) in [7, 11) is 0. The SMILES string of the molecule is CCCC(C)n1c(O)cc(=O)[nH]c1=S. The van der Waals surface area contributed by atoms with Crippen LogP contribution in [-0.2, 0) is 0 Å². The number of H-pyrrole nitrogens is 1. The van der Waals surface area contributed by atoms with Crippen LogP contribution in [0.1, 0.15) is 32.7 Å². The van der Waals surface area contributed by atoms with Crippen LogP contribution in [0.25, 0.3) is 0 Å². The number of nitrogens with one attached hydrogen (secondary N) is 1. The van der Waals surface area contributed by atoms with Gasteiger partial charge in [-0.05, 0) is 25.6 Å². The lowest BCUT2D eigenvalue weighted by Gasteiger charge is -2.16. The highest BCUT2D eigenvalue weighted by Gasteiger charge is 2.08. The number of rotatable bonds is 3. The van der Waals surface area contributed by atoms with Gasteiger partial charge in [-0.2, -0.15) is 0 Å². The molecule has 0 amide bonds. The molecule has 1 rings (SSSR count). The molecule has 5 heteroatoms. The van der Waals surface area contributed by atoms with E-state index in [0.29, 0.717) is 0 Å². The number of hydrogen-bond acceptors (Lipinski definition) is 3. The van der Waals surface area contributed by atoms with Crippen molar-refractivity contribution in [2.75, 3.05) is 0 Å². The highest BCUT2D eigenvalue weighted by atomic mass is 32.1. The highest BCUT2D eigenvalue weighted by Crippen LogP contribution is 2.18. The van der Waals surface area contributed by atoms with E-state index >= 15 is 0 Å². The molecule has 0 aromatic carbocycles. The van der Waals surface area contributed by atoms with E-state index in [1.54, 1.807) is 4.57 Å². The first-order chi connectivity index (χ1) is 6.56. The summed E-state index contributed by atoms with van der Waals surface area (Å²) in [5.74, 6) is -0.0697. The van der Waals surface area contributed by atoms with E-state index in [1.165, 1.54) is 0 Å². The molecule has 1 aromatic rings. The number of aromatic hydroxyl groups is 1. The van der Waals surface area contributed by atoms with Gasteiger partial charge in [0.05, 0.1) is 6.07 Å². The first-order valence-electron chi connectivity index (χ1n) is 4.61. The third-order valence-electron chi connectivity index (χ3n) is 2.10. The van der Waals surface area contributed by atoms with Gasteiger partial charge in [0, 0.05) is 6.04 Å². The predicted molar refractivity (Wildman–Crippen MR) is 57.2 cm³/mol. The Labute approximate surface area is 87.2 Å². The summed E-state index contributed by atoms with van der Waals surface area (Å²) in [4.78, 5) is 13.4. The first-order valence-corrected chi connectivity index (χ1v) is 5.02. The Morgan fingerprint density at radius 2 is 2.36 bits per heavy atom. The van der Waals surface area contributed by atoms with E-state index in [1.807, 2.05) is 6.92 Å². The van der Waals surface area contributed by atoms with Crippen LogP contribution in [0, 0.1) is 4.77 Å². The summed E-state index contributed by atoms with van der Waals surface area (Å²) in [5, 5.41) is 9.55. The Morgan fingerprint density at radius 1 is 1.71 bits per heavy atom. The molecule has 4 nitrogen and oxygen atoms in total. The second-order valence-electron chi connectivity index (χ2n) is 3.30. The van der Waals surface area contributed by atoms with Crippen LogP contribution in [0.4, 0.5) is 0 Å². The standard InChI is InChI=1S/C9H14N2O2S/c1-3-4-6(2)11-8(13)5-7(12)10-9(11)14/h5-6,13H,3-4H2,1-2H3,(H,10,12,14). The van der Waals surface area contributed by atoms with Gasteiger partial charge in [0.25, 0.3) is 5.56 Å². The summed E-state index contributed by atoms with van der Waals surface area (Å²) < 4.78 is 1.83. The lowest BCUT2D eigenvalue weighted by Crippen LogP contribution is -2.15. The van der Waals surface area contributed by atoms with Crippen LogP contribution in [0.3, 0.4) is 0 Å². The molecule has 0 spiro atoms. The molecule has 0 fully saturated rings. The summed E-state index contributed by atoms with van der Waals surface area (Å²) >= 11 is 4.96. The average molecular weight is 214 g/mol. The fourth-order valence-corrected chi connectivity index (χ4v) is 1.84. The van der Waals surface area contributed by atoms with Crippen LogP contribution >= 0.6 is 12.2 Å². The lowest BCUT2D eigenvalue weighted by atomic mass is 10.2. The second-order valence-corrected chi connectivity index (χ2v) is 3.69. The predicted octanol–water partition coefficient (Wildman–Crippen LogP) is 1.97. The second kappa shape index (κ2) is 4.41. The summed E-state index contributed by atoms with van der Waals surface area (Å²) in [6, 6.07) is 1.24. The third kappa shape index (κ3) is 2.23. The Balaban J connectivity index is 3.21. The van der Waals surface area contributed by atoms with Crippen molar-refractivity contribution in [3.8, 4) is 5.88 Å². The quantitative estimate of drug-likeness (QED) is 0.756. The van der Waals surface area contributed by atoms with E-state index < -0.39 is 0 Å². The summed E-state index contributed by atoms with van der Waals surface area (Å²) in [5.41, 5.74) is -0.368. The highest BCUT2D eigenvalue weighted by molar-refractivity contribution is 7.71. The third-order valence-corrected chi connectivity index (χ3v) is 2.40. The topological polar surface area (TPSA) is 58.0 Å². The van der Waals surface area contributed by atoms with E-state index in [0.717, 1.165) is 18.9 Å². The van der Waals surface area contributed by atoms with Gasteiger partial charge in [-0.15, -0.1) is 0 Å². The maximum atomic E-state index is 10.9. The monoisotopic (exact) mass is 214 g/mol. The molecule has 1 heterocycles. The fraction of sp³-hybridized carbons (Fsp3) is 0.556. The molecule has 0 aliphatic heterocycles. The van der Waals surface area contributed by atoms with Gasteiger partial charge in [0.15, 0.2) is 10.7 Å². The summed E-state index contributed by atoms with van der Waals surface area (Å²) in [6.45, 7) is 4.01. The Bertz CT molecular complexity index is 422. The first kappa shape index (κ1) is 11.0. The fourth-order valence-electron chi connectivity index (χ4n) is 1.47. The maximum Gasteiger partial charge on any atom is 0.255 e. The Kier molecular flexibility index (Phi) is 3.46. The van der Waals surface area contributed by atoms with Crippen LogP contribution < -0.4 is 5.56 Å². The molecule has 0 saturated heterocycles. The van der Waals surface area contributed by atoms with Crippen molar-refractivity contribution < 1.29 is 5.11 Å². The molecule has 0 radical (unpaired) electrons. The van der Waals surface area contributed by atoms with Crippen LogP contribution in [0.5, 0.6) is 5.88 Å². The smallest absolute Gasteiger partial charge is 0.255 e. The maximum absolute atomic E-state index is 10.9. The Morgan fingerprint density at radius 3 is 2.86 bits per heavy atom. The molecule has 1 atom stereocenters. The van der Waals surface area contributed by atoms with Crippen molar-refractivity contribution in [2.24, 2.45) is 0 Å². The molecule has 1 unspecified atom stereocenters. The molecular weight excluding hydrogens is 200 g/mol. The molecule has 78 valence electrons. The zero-order valence-corrected chi connectivity index (χ0v) is 9.10. The molecular formula is C9H14N2O2S. The van der Waals surface area contributed by atoms with E-state index in [4.69, 9.17) is 12.2 Å². The van der Waals surface area contributed by atoms with Crippen LogP contribution in [0.15, 0.2) is 10.9 Å². The minimum Gasteiger partial charge on any atom is -0.494 e. The van der Waals surface area contributed by atoms with E-state index in [2.05, 4.69) is 11.9 Å². The normalized spacial score (nSPS) is 12.7. The molecule has 0 aliphatic carbocycles. The van der Waals surface area contributed by atoms with Gasteiger partial charge in [-0.1, -0.05) is 13.3 Å². The number of hydrogen-bond donors (Lipinski definition) is 2. The van der Waals surface area contributed by atoms with Gasteiger partial charge >= 0.3 is 0 Å². The largest absolute Gasteiger partial charge is 0.494 e. The van der Waals surface area contributed by atoms with Crippen molar-refractivity contribution in [3.05, 3.63) is 21.2 Å². The van der Waals surface area contributed by atoms with Crippen molar-refractivity contribution in [1.29, 1.82) is 0 Å². The van der Waals surface area contributed by atoms with Crippen molar-refractivity contribution >= 4 is 12.2 Å². The number of nitrogens with zero attached hydrogens (tertiary/aromatic N) is 1. The minimum absolute atomic E-state index is 0.0697. The zero-order chi connectivity index (χ0) is 10.7. The number of aromatic amines is 1. The van der Waals surface area contributed by atoms with Gasteiger partial charge in [0.1, 0.15) is 0 Å². The molecule has 14 heavy (non-hydrogen) atoms. The minimum atomic E-state index is -0.368. The Hall–Kier alpha value is -1.10. The van der Waals surface area contributed by atoms with Gasteiger partial charge < -0.3 is 5.11 Å². The zero-order valence-electron chi connectivity index (χ0n) is 8.28. The average Bonchev–Trinajstić information content (AvgIpc) is 2.01. The lowest BCUT2D eigenvalue weighted by molar-refractivity contribution is 0.366. The molecule has 0 aliphatic rings. The molecule has 0 saturated carbocycles. The van der Waals surface area contributed by atoms with Crippen molar-refractivity contribution in [3.63, 3.8) is 0 Å². The van der Waals surface area contributed by atoms with E-state index in [-0.39, 0.29) is 22.3 Å². The number of aromatic nitrogens is 2. The van der Waals surface area contributed by atoms with E-state index in [9.17, 15) is 9.90 Å². The van der Waals surface area contributed by atoms with Gasteiger partial charge in [-0.3, -0.25) is 14.3 Å².